The Morgan fingerprint density at radius 3 is 2.52 bits per heavy atom. The second kappa shape index (κ2) is 6.92. The number of anilines is 2. The zero-order valence-corrected chi connectivity index (χ0v) is 13.5. The van der Waals surface area contributed by atoms with Gasteiger partial charge in [-0.3, -0.25) is 9.69 Å². The van der Waals surface area contributed by atoms with Gasteiger partial charge in [-0.05, 0) is 13.0 Å². The van der Waals surface area contributed by atoms with E-state index in [1.807, 2.05) is 6.92 Å². The fraction of sp³-hybridized carbons (Fsp3) is 0.600. The Labute approximate surface area is 129 Å². The number of hydrogen-bond acceptors (Lipinski definition) is 6. The van der Waals surface area contributed by atoms with Crippen molar-refractivity contribution in [3.8, 4) is 6.07 Å². The van der Waals surface area contributed by atoms with Crippen molar-refractivity contribution in [1.82, 2.24) is 4.90 Å². The second-order valence-corrected chi connectivity index (χ2v) is 6.24. The lowest BCUT2D eigenvalue weighted by Crippen LogP contribution is -2.46. The number of carbonyl (C=O) groups is 1. The van der Waals surface area contributed by atoms with Crippen LogP contribution in [0, 0.1) is 11.3 Å². The van der Waals surface area contributed by atoms with E-state index in [9.17, 15) is 10.1 Å². The minimum atomic E-state index is 0.0184. The maximum Gasteiger partial charge on any atom is 0.174 e. The molecule has 0 atom stereocenters. The molecule has 1 saturated heterocycles. The van der Waals surface area contributed by atoms with Crippen molar-refractivity contribution < 1.29 is 4.79 Å². The normalized spacial score (nSPS) is 16.0. The van der Waals surface area contributed by atoms with E-state index < -0.39 is 0 Å². The summed E-state index contributed by atoms with van der Waals surface area (Å²) in [4.78, 5) is 17.1. The van der Waals surface area contributed by atoms with Crippen molar-refractivity contribution in [2.24, 2.45) is 0 Å². The third kappa shape index (κ3) is 3.20. The smallest absolute Gasteiger partial charge is 0.174 e. The molecule has 2 heterocycles. The van der Waals surface area contributed by atoms with Gasteiger partial charge in [0.1, 0.15) is 16.6 Å². The predicted molar refractivity (Wildman–Crippen MR) is 87.0 cm³/mol. The van der Waals surface area contributed by atoms with Crippen LogP contribution in [-0.2, 0) is 0 Å². The molecule has 2 N–H and O–H groups in total. The molecule has 0 spiro atoms. The lowest BCUT2D eigenvalue weighted by molar-refractivity contribution is 0.0993. The first-order valence-corrected chi connectivity index (χ1v) is 8.26. The lowest BCUT2D eigenvalue weighted by Gasteiger charge is -2.35. The van der Waals surface area contributed by atoms with Gasteiger partial charge >= 0.3 is 0 Å². The van der Waals surface area contributed by atoms with Crippen molar-refractivity contribution in [2.75, 3.05) is 43.4 Å². The molecule has 0 unspecified atom stereocenters. The zero-order chi connectivity index (χ0) is 15.4. The number of thiophene rings is 1. The molecule has 6 heteroatoms. The number of nitrogens with zero attached hydrogens (tertiary/aromatic N) is 3. The third-order valence-corrected chi connectivity index (χ3v) is 5.12. The minimum absolute atomic E-state index is 0.0184. The van der Waals surface area contributed by atoms with Crippen LogP contribution in [-0.4, -0.2) is 43.4 Å². The fourth-order valence-corrected chi connectivity index (χ4v) is 3.85. The molecule has 0 aromatic carbocycles. The van der Waals surface area contributed by atoms with Crippen molar-refractivity contribution in [1.29, 1.82) is 5.26 Å². The van der Waals surface area contributed by atoms with Crippen LogP contribution in [0.25, 0.3) is 0 Å². The standard InChI is InChI=1S/C15H22N4OS/c1-3-5-18-6-8-19(9-7-18)15-11(10-16)13(17)14(21-15)12(20)4-2/h3-9,17H2,1-2H3. The van der Waals surface area contributed by atoms with Gasteiger partial charge in [-0.2, -0.15) is 5.26 Å². The molecule has 0 aliphatic carbocycles. The minimum Gasteiger partial charge on any atom is -0.396 e. The quantitative estimate of drug-likeness (QED) is 0.845. The maximum absolute atomic E-state index is 11.9. The summed E-state index contributed by atoms with van der Waals surface area (Å²) in [5.74, 6) is 0.0184. The zero-order valence-electron chi connectivity index (χ0n) is 12.7. The Morgan fingerprint density at radius 2 is 2.00 bits per heavy atom. The molecule has 1 aliphatic heterocycles. The van der Waals surface area contributed by atoms with Gasteiger partial charge in [-0.15, -0.1) is 11.3 Å². The molecule has 5 nitrogen and oxygen atoms in total. The van der Waals surface area contributed by atoms with Crippen LogP contribution in [0.2, 0.25) is 0 Å². The van der Waals surface area contributed by atoms with E-state index in [4.69, 9.17) is 5.73 Å². The van der Waals surface area contributed by atoms with E-state index in [0.29, 0.717) is 22.5 Å². The first-order valence-electron chi connectivity index (χ1n) is 7.45. The molecule has 0 amide bonds. The Hall–Kier alpha value is -1.58. The molecule has 1 aromatic heterocycles. The van der Waals surface area contributed by atoms with Crippen LogP contribution in [0.15, 0.2) is 0 Å². The molecular weight excluding hydrogens is 284 g/mol. The Balaban J connectivity index is 2.21. The van der Waals surface area contributed by atoms with E-state index in [0.717, 1.165) is 44.1 Å². The van der Waals surface area contributed by atoms with Crippen molar-refractivity contribution in [3.05, 3.63) is 10.4 Å². The highest BCUT2D eigenvalue weighted by Gasteiger charge is 2.25. The van der Waals surface area contributed by atoms with E-state index in [2.05, 4.69) is 22.8 Å². The summed E-state index contributed by atoms with van der Waals surface area (Å²) in [6, 6.07) is 2.17. The monoisotopic (exact) mass is 306 g/mol. The highest BCUT2D eigenvalue weighted by molar-refractivity contribution is 7.19. The molecule has 1 aromatic rings. The molecule has 1 fully saturated rings. The first kappa shape index (κ1) is 15.8. The number of hydrogen-bond donors (Lipinski definition) is 1. The Morgan fingerprint density at radius 1 is 1.33 bits per heavy atom. The molecule has 0 radical (unpaired) electrons. The van der Waals surface area contributed by atoms with Crippen LogP contribution in [0.1, 0.15) is 41.9 Å². The molecule has 114 valence electrons. The molecule has 0 saturated carbocycles. The number of carbonyl (C=O) groups excluding carboxylic acids is 1. The highest BCUT2D eigenvalue weighted by Crippen LogP contribution is 2.38. The molecule has 2 rings (SSSR count). The molecule has 0 bridgehead atoms. The number of nitriles is 1. The van der Waals surface area contributed by atoms with E-state index in [1.54, 1.807) is 0 Å². The summed E-state index contributed by atoms with van der Waals surface area (Å²) in [7, 11) is 0. The first-order chi connectivity index (χ1) is 10.1. The van der Waals surface area contributed by atoms with Gasteiger partial charge in [-0.25, -0.2) is 0 Å². The Bertz CT molecular complexity index is 553. The van der Waals surface area contributed by atoms with Crippen LogP contribution < -0.4 is 10.6 Å². The van der Waals surface area contributed by atoms with Crippen molar-refractivity contribution in [3.63, 3.8) is 0 Å². The summed E-state index contributed by atoms with van der Waals surface area (Å²) in [5, 5.41) is 10.2. The summed E-state index contributed by atoms with van der Waals surface area (Å²) >= 11 is 1.37. The number of nitrogens with two attached hydrogens (primary N) is 1. The fourth-order valence-electron chi connectivity index (χ4n) is 2.62. The Kier molecular flexibility index (Phi) is 5.21. The summed E-state index contributed by atoms with van der Waals surface area (Å²) in [6.45, 7) is 8.87. The number of Topliss-reactive ketones (excluding diaryl/α,β-unsaturated/α-hetero) is 1. The summed E-state index contributed by atoms with van der Waals surface area (Å²) < 4.78 is 0. The molecular formula is C15H22N4OS. The van der Waals surface area contributed by atoms with Gasteiger partial charge in [0.15, 0.2) is 5.78 Å². The second-order valence-electron chi connectivity index (χ2n) is 5.24. The lowest BCUT2D eigenvalue weighted by atomic mass is 10.2. The molecule has 1 aliphatic rings. The van der Waals surface area contributed by atoms with Crippen LogP contribution in [0.3, 0.4) is 0 Å². The highest BCUT2D eigenvalue weighted by atomic mass is 32.1. The van der Waals surface area contributed by atoms with Gasteiger partial charge in [0.25, 0.3) is 0 Å². The third-order valence-electron chi connectivity index (χ3n) is 3.81. The van der Waals surface area contributed by atoms with E-state index in [-0.39, 0.29) is 5.78 Å². The average Bonchev–Trinajstić information content (AvgIpc) is 2.84. The largest absolute Gasteiger partial charge is 0.396 e. The molecule has 21 heavy (non-hydrogen) atoms. The summed E-state index contributed by atoms with van der Waals surface area (Å²) in [6.07, 6.45) is 1.57. The van der Waals surface area contributed by atoms with E-state index in [1.165, 1.54) is 11.3 Å². The summed E-state index contributed by atoms with van der Waals surface area (Å²) in [5.41, 5.74) is 6.84. The van der Waals surface area contributed by atoms with Crippen molar-refractivity contribution >= 4 is 27.8 Å². The van der Waals surface area contributed by atoms with Gasteiger partial charge in [0.05, 0.1) is 10.6 Å². The number of nitrogen functional groups attached to an aromatic ring is 1. The topological polar surface area (TPSA) is 73.4 Å². The number of ketones is 1. The predicted octanol–water partition coefficient (Wildman–Crippen LogP) is 2.33. The average molecular weight is 306 g/mol. The van der Waals surface area contributed by atoms with Crippen LogP contribution >= 0.6 is 11.3 Å². The van der Waals surface area contributed by atoms with Crippen molar-refractivity contribution in [2.45, 2.75) is 26.7 Å². The SMILES string of the molecule is CCCN1CCN(c2sc(C(=O)CC)c(N)c2C#N)CC1. The van der Waals surface area contributed by atoms with Crippen LogP contribution in [0.5, 0.6) is 0 Å². The number of rotatable bonds is 5. The van der Waals surface area contributed by atoms with Gasteiger partial charge in [0, 0.05) is 32.6 Å². The van der Waals surface area contributed by atoms with Crippen LogP contribution in [0.4, 0.5) is 10.7 Å². The van der Waals surface area contributed by atoms with Gasteiger partial charge in [0.2, 0.25) is 0 Å². The van der Waals surface area contributed by atoms with Gasteiger partial charge < -0.3 is 10.6 Å². The maximum atomic E-state index is 11.9. The van der Waals surface area contributed by atoms with E-state index >= 15 is 0 Å². The van der Waals surface area contributed by atoms with Gasteiger partial charge in [-0.1, -0.05) is 13.8 Å². The number of piperazine rings is 1.